The van der Waals surface area contributed by atoms with Crippen molar-refractivity contribution >= 4 is 29.2 Å². The lowest BCUT2D eigenvalue weighted by atomic mass is 10.1. The number of anilines is 2. The third kappa shape index (κ3) is 3.92. The van der Waals surface area contributed by atoms with Gasteiger partial charge in [-0.15, -0.1) is 0 Å². The molecule has 0 unspecified atom stereocenters. The molecule has 3 N–H and O–H groups in total. The molecular weight excluding hydrogens is 304 g/mol. The maximum Gasteiger partial charge on any atom is 0.412 e. The highest BCUT2D eigenvalue weighted by Gasteiger charge is 2.18. The number of carbonyl (C=O) groups excluding carboxylic acids is 1. The molecule has 1 amide bonds. The Balaban J connectivity index is 2.34. The van der Waals surface area contributed by atoms with Crippen molar-refractivity contribution in [2.75, 3.05) is 11.1 Å². The van der Waals surface area contributed by atoms with Crippen LogP contribution in [0.1, 0.15) is 20.8 Å². The number of aromatic nitrogens is 2. The molecule has 0 atom stereocenters. The molecule has 118 valence electrons. The summed E-state index contributed by atoms with van der Waals surface area (Å²) in [4.78, 5) is 12.0. The van der Waals surface area contributed by atoms with Crippen LogP contribution in [0.3, 0.4) is 0 Å². The average Bonchev–Trinajstić information content (AvgIpc) is 2.67. The molecule has 6 nitrogen and oxygen atoms in total. The molecule has 1 aromatic heterocycles. The number of hydrogen-bond donors (Lipinski definition) is 2. The van der Waals surface area contributed by atoms with Crippen molar-refractivity contribution in [1.29, 1.82) is 0 Å². The molecule has 1 aromatic carbocycles. The van der Waals surface area contributed by atoms with E-state index in [0.29, 0.717) is 27.8 Å². The number of halogens is 1. The lowest BCUT2D eigenvalue weighted by Gasteiger charge is -2.20. The molecule has 0 radical (unpaired) electrons. The number of carbonyl (C=O) groups is 1. The molecule has 0 saturated heterocycles. The Morgan fingerprint density at radius 1 is 1.36 bits per heavy atom. The van der Waals surface area contributed by atoms with Crippen molar-refractivity contribution in [3.63, 3.8) is 0 Å². The molecule has 0 saturated carbocycles. The number of amides is 1. The maximum absolute atomic E-state index is 12.0. The Hall–Kier alpha value is -2.21. The van der Waals surface area contributed by atoms with Crippen molar-refractivity contribution < 1.29 is 9.53 Å². The monoisotopic (exact) mass is 322 g/mol. The Kier molecular flexibility index (Phi) is 4.32. The number of hydrogen-bond acceptors (Lipinski definition) is 4. The third-order valence-corrected chi connectivity index (χ3v) is 3.04. The first kappa shape index (κ1) is 16.2. The van der Waals surface area contributed by atoms with Crippen molar-refractivity contribution in [2.24, 2.45) is 7.05 Å². The molecule has 0 aliphatic carbocycles. The summed E-state index contributed by atoms with van der Waals surface area (Å²) >= 11 is 6.01. The molecule has 1 heterocycles. The van der Waals surface area contributed by atoms with Crippen LogP contribution < -0.4 is 11.1 Å². The molecule has 0 aliphatic rings. The minimum Gasteiger partial charge on any atom is -0.444 e. The number of rotatable bonds is 2. The molecule has 0 fully saturated rings. The van der Waals surface area contributed by atoms with E-state index in [9.17, 15) is 4.79 Å². The largest absolute Gasteiger partial charge is 0.444 e. The molecular formula is C15H19ClN4O2. The normalized spacial score (nSPS) is 11.3. The smallest absolute Gasteiger partial charge is 0.412 e. The van der Waals surface area contributed by atoms with Crippen LogP contribution in [0.5, 0.6) is 0 Å². The standard InChI is InChI=1S/C15H19ClN4O2/c1-15(2,3)22-14(21)18-11-7-9(16)5-6-10(11)12-8-13(17)20(4)19-12/h5-8H,17H2,1-4H3,(H,18,21). The summed E-state index contributed by atoms with van der Waals surface area (Å²) in [6, 6.07) is 6.87. The number of nitrogens with two attached hydrogens (primary N) is 1. The van der Waals surface area contributed by atoms with E-state index in [-0.39, 0.29) is 0 Å². The number of nitrogen functional groups attached to an aromatic ring is 1. The summed E-state index contributed by atoms with van der Waals surface area (Å²) in [7, 11) is 1.75. The summed E-state index contributed by atoms with van der Waals surface area (Å²) in [6.07, 6.45) is -0.556. The number of nitrogens with one attached hydrogen (secondary N) is 1. The average molecular weight is 323 g/mol. The van der Waals surface area contributed by atoms with E-state index in [0.717, 1.165) is 0 Å². The van der Waals surface area contributed by atoms with E-state index >= 15 is 0 Å². The van der Waals surface area contributed by atoms with Crippen LogP contribution in [0.2, 0.25) is 5.02 Å². The van der Waals surface area contributed by atoms with Crippen LogP contribution in [0.4, 0.5) is 16.3 Å². The summed E-state index contributed by atoms with van der Waals surface area (Å²) < 4.78 is 6.81. The second-order valence-corrected chi connectivity index (χ2v) is 6.33. The van der Waals surface area contributed by atoms with Crippen LogP contribution in [0.15, 0.2) is 24.3 Å². The molecule has 0 bridgehead atoms. The Morgan fingerprint density at radius 2 is 2.05 bits per heavy atom. The van der Waals surface area contributed by atoms with E-state index in [1.165, 1.54) is 0 Å². The Labute approximate surface area is 134 Å². The maximum atomic E-state index is 12.0. The van der Waals surface area contributed by atoms with Gasteiger partial charge in [-0.05, 0) is 39.0 Å². The first-order valence-corrected chi connectivity index (χ1v) is 7.13. The number of nitrogens with zero attached hydrogens (tertiary/aromatic N) is 2. The van der Waals surface area contributed by atoms with Gasteiger partial charge in [0.2, 0.25) is 0 Å². The zero-order valence-corrected chi connectivity index (χ0v) is 13.7. The van der Waals surface area contributed by atoms with Crippen molar-refractivity contribution in [1.82, 2.24) is 9.78 Å². The molecule has 0 spiro atoms. The van der Waals surface area contributed by atoms with Crippen LogP contribution in [-0.4, -0.2) is 21.5 Å². The quantitative estimate of drug-likeness (QED) is 0.883. The summed E-state index contributed by atoms with van der Waals surface area (Å²) in [6.45, 7) is 5.39. The molecule has 2 rings (SSSR count). The summed E-state index contributed by atoms with van der Waals surface area (Å²) in [5, 5.41) is 7.51. The number of ether oxygens (including phenoxy) is 1. The number of aryl methyl sites for hydroxylation is 1. The van der Waals surface area contributed by atoms with Crippen LogP contribution in [-0.2, 0) is 11.8 Å². The fourth-order valence-corrected chi connectivity index (χ4v) is 2.04. The highest BCUT2D eigenvalue weighted by atomic mass is 35.5. The van der Waals surface area contributed by atoms with Crippen LogP contribution in [0.25, 0.3) is 11.3 Å². The van der Waals surface area contributed by atoms with Gasteiger partial charge in [-0.2, -0.15) is 5.10 Å². The van der Waals surface area contributed by atoms with Gasteiger partial charge in [0.1, 0.15) is 11.4 Å². The first-order chi connectivity index (χ1) is 10.2. The third-order valence-electron chi connectivity index (χ3n) is 2.81. The van der Waals surface area contributed by atoms with E-state index in [4.69, 9.17) is 22.1 Å². The zero-order valence-electron chi connectivity index (χ0n) is 13.0. The Morgan fingerprint density at radius 3 is 2.59 bits per heavy atom. The second kappa shape index (κ2) is 5.88. The lowest BCUT2D eigenvalue weighted by Crippen LogP contribution is -2.27. The van der Waals surface area contributed by atoms with E-state index in [1.54, 1.807) is 56.8 Å². The minimum atomic E-state index is -0.585. The van der Waals surface area contributed by atoms with Gasteiger partial charge in [0.15, 0.2) is 0 Å². The number of benzene rings is 1. The van der Waals surface area contributed by atoms with E-state index in [1.807, 2.05) is 0 Å². The zero-order chi connectivity index (χ0) is 16.5. The van der Waals surface area contributed by atoms with Gasteiger partial charge in [0, 0.05) is 23.7 Å². The van der Waals surface area contributed by atoms with Gasteiger partial charge < -0.3 is 10.5 Å². The van der Waals surface area contributed by atoms with Crippen LogP contribution in [0, 0.1) is 0 Å². The van der Waals surface area contributed by atoms with Crippen molar-refractivity contribution in [3.05, 3.63) is 29.3 Å². The lowest BCUT2D eigenvalue weighted by molar-refractivity contribution is 0.0636. The van der Waals surface area contributed by atoms with E-state index < -0.39 is 11.7 Å². The molecule has 7 heteroatoms. The van der Waals surface area contributed by atoms with E-state index in [2.05, 4.69) is 10.4 Å². The van der Waals surface area contributed by atoms with Crippen molar-refractivity contribution in [2.45, 2.75) is 26.4 Å². The predicted molar refractivity (Wildman–Crippen MR) is 87.9 cm³/mol. The fourth-order valence-electron chi connectivity index (χ4n) is 1.87. The summed E-state index contributed by atoms with van der Waals surface area (Å²) in [5.74, 6) is 0.521. The highest BCUT2D eigenvalue weighted by Crippen LogP contribution is 2.31. The molecule has 0 aliphatic heterocycles. The van der Waals surface area contributed by atoms with Gasteiger partial charge in [-0.25, -0.2) is 4.79 Å². The topological polar surface area (TPSA) is 82.2 Å². The fraction of sp³-hybridized carbons (Fsp3) is 0.333. The van der Waals surface area contributed by atoms with Crippen molar-refractivity contribution in [3.8, 4) is 11.3 Å². The van der Waals surface area contributed by atoms with Crippen LogP contribution >= 0.6 is 11.6 Å². The summed E-state index contributed by atoms with van der Waals surface area (Å²) in [5.41, 5.74) is 7.09. The molecule has 2 aromatic rings. The Bertz CT molecular complexity index is 685. The van der Waals surface area contributed by atoms with Gasteiger partial charge >= 0.3 is 6.09 Å². The minimum absolute atomic E-state index is 0.499. The van der Waals surface area contributed by atoms with Gasteiger partial charge in [0.25, 0.3) is 0 Å². The van der Waals surface area contributed by atoms with Gasteiger partial charge in [0.05, 0.1) is 11.4 Å². The van der Waals surface area contributed by atoms with Gasteiger partial charge in [-0.1, -0.05) is 11.6 Å². The first-order valence-electron chi connectivity index (χ1n) is 6.75. The van der Waals surface area contributed by atoms with Gasteiger partial charge in [-0.3, -0.25) is 10.00 Å². The molecule has 22 heavy (non-hydrogen) atoms. The SMILES string of the molecule is Cn1nc(-c2ccc(Cl)cc2NC(=O)OC(C)(C)C)cc1N. The highest BCUT2D eigenvalue weighted by molar-refractivity contribution is 6.31. The predicted octanol–water partition coefficient (Wildman–Crippen LogP) is 3.67. The second-order valence-electron chi connectivity index (χ2n) is 5.89.